The van der Waals surface area contributed by atoms with Crippen molar-refractivity contribution in [1.82, 2.24) is 24.5 Å². The highest BCUT2D eigenvalue weighted by molar-refractivity contribution is 7.53. The minimum Gasteiger partial charge on any atom is -0.464 e. The number of hydrogen-bond donors (Lipinski definition) is 3. The molecule has 1 saturated heterocycles. The highest BCUT2D eigenvalue weighted by Crippen LogP contribution is 2.43. The Bertz CT molecular complexity index is 1150. The lowest BCUT2D eigenvalue weighted by atomic mass is 10.2. The molecule has 4 rings (SSSR count). The Morgan fingerprint density at radius 1 is 1.38 bits per heavy atom. The van der Waals surface area contributed by atoms with Crippen molar-refractivity contribution in [2.24, 2.45) is 0 Å². The van der Waals surface area contributed by atoms with Crippen LogP contribution < -0.4 is 5.73 Å². The molecule has 3 unspecified atom stereocenters. The molecule has 1 fully saturated rings. The van der Waals surface area contributed by atoms with Crippen molar-refractivity contribution in [3.05, 3.63) is 18.8 Å². The molecule has 14 nitrogen and oxygen atoms in total. The number of oxazole rings is 1. The normalized spacial score (nSPS) is 20.0. The molecular weight excluding hydrogens is 447 g/mol. The molecule has 172 valence electrons. The number of ether oxygens (including phenoxy) is 3. The summed E-state index contributed by atoms with van der Waals surface area (Å²) < 4.78 is 34.3. The Balaban J connectivity index is 1.48. The van der Waals surface area contributed by atoms with Crippen molar-refractivity contribution in [2.45, 2.75) is 37.9 Å². The Hall–Kier alpha value is -2.90. The lowest BCUT2D eigenvalue weighted by Gasteiger charge is -2.20. The van der Waals surface area contributed by atoms with Crippen molar-refractivity contribution < 1.29 is 37.8 Å². The first-order valence-electron chi connectivity index (χ1n) is 9.66. The van der Waals surface area contributed by atoms with E-state index in [2.05, 4.69) is 24.7 Å². The number of fused-ring (bicyclic) bond motifs is 1. The number of esters is 1. The average Bonchev–Trinajstić information content (AvgIpc) is 3.47. The highest BCUT2D eigenvalue weighted by atomic mass is 31.2. The van der Waals surface area contributed by atoms with E-state index in [0.717, 1.165) is 0 Å². The van der Waals surface area contributed by atoms with Gasteiger partial charge in [0.15, 0.2) is 11.5 Å². The summed E-state index contributed by atoms with van der Waals surface area (Å²) in [6.07, 6.45) is 4.40. The molecule has 4 N–H and O–H groups in total. The summed E-state index contributed by atoms with van der Waals surface area (Å²) in [5.41, 5.74) is 6.80. The fourth-order valence-electron chi connectivity index (χ4n) is 3.31. The van der Waals surface area contributed by atoms with Crippen molar-refractivity contribution in [3.63, 3.8) is 0 Å². The number of nitrogens with zero attached hydrogens (tertiary/aromatic N) is 5. The summed E-state index contributed by atoms with van der Waals surface area (Å²) in [6, 6.07) is 0. The quantitative estimate of drug-likeness (QED) is 0.310. The Kier molecular flexibility index (Phi) is 6.22. The topological polar surface area (TPSA) is 198 Å². The van der Waals surface area contributed by atoms with Crippen LogP contribution in [-0.2, 0) is 23.6 Å². The number of imidazole rings is 1. The Labute approximate surface area is 180 Å². The van der Waals surface area contributed by atoms with E-state index in [-0.39, 0.29) is 30.7 Å². The van der Waals surface area contributed by atoms with Crippen LogP contribution in [0.4, 0.5) is 5.82 Å². The second kappa shape index (κ2) is 8.92. The highest BCUT2D eigenvalue weighted by Gasteiger charge is 2.40. The van der Waals surface area contributed by atoms with Crippen LogP contribution in [0.5, 0.6) is 0 Å². The maximum absolute atomic E-state index is 11.8. The molecule has 3 aromatic heterocycles. The van der Waals surface area contributed by atoms with Crippen LogP contribution >= 0.6 is 7.60 Å². The summed E-state index contributed by atoms with van der Waals surface area (Å²) in [5.74, 6) is -2.58. The van der Waals surface area contributed by atoms with Gasteiger partial charge in [-0.1, -0.05) is 0 Å². The average molecular weight is 468 g/mol. The number of nitrogens with two attached hydrogens (primary N) is 1. The molecule has 0 amide bonds. The van der Waals surface area contributed by atoms with Gasteiger partial charge in [-0.05, 0) is 19.8 Å². The van der Waals surface area contributed by atoms with Gasteiger partial charge in [0.2, 0.25) is 5.82 Å². The minimum atomic E-state index is -4.86. The van der Waals surface area contributed by atoms with Gasteiger partial charge in [0.25, 0.3) is 11.7 Å². The smallest absolute Gasteiger partial charge is 0.365 e. The lowest BCUT2D eigenvalue weighted by Crippen LogP contribution is -2.30. The monoisotopic (exact) mass is 468 g/mol. The van der Waals surface area contributed by atoms with Gasteiger partial charge >= 0.3 is 13.6 Å². The van der Waals surface area contributed by atoms with Crippen LogP contribution in [-0.4, -0.2) is 65.4 Å². The van der Waals surface area contributed by atoms with E-state index < -0.39 is 31.7 Å². The molecule has 0 bridgehead atoms. The first-order chi connectivity index (χ1) is 15.3. The van der Waals surface area contributed by atoms with Crippen LogP contribution in [0.2, 0.25) is 0 Å². The van der Waals surface area contributed by atoms with E-state index in [9.17, 15) is 19.1 Å². The van der Waals surface area contributed by atoms with Crippen molar-refractivity contribution in [3.8, 4) is 11.7 Å². The largest absolute Gasteiger partial charge is 0.464 e. The van der Waals surface area contributed by atoms with Gasteiger partial charge in [-0.15, -0.1) is 0 Å². The summed E-state index contributed by atoms with van der Waals surface area (Å²) in [6.45, 7) is 1.28. The van der Waals surface area contributed by atoms with E-state index in [0.29, 0.717) is 24.0 Å². The summed E-state index contributed by atoms with van der Waals surface area (Å²) in [4.78, 5) is 47.5. The van der Waals surface area contributed by atoms with Crippen LogP contribution in [0.15, 0.2) is 23.2 Å². The zero-order chi connectivity index (χ0) is 22.9. The molecule has 3 atom stereocenters. The van der Waals surface area contributed by atoms with Gasteiger partial charge in [0, 0.05) is 0 Å². The fraction of sp³-hybridized carbons (Fsp3) is 0.471. The summed E-state index contributed by atoms with van der Waals surface area (Å²) in [5, 5.41) is 0. The zero-order valence-electron chi connectivity index (χ0n) is 16.9. The van der Waals surface area contributed by atoms with Gasteiger partial charge in [-0.3, -0.25) is 9.13 Å². The molecule has 32 heavy (non-hydrogen) atoms. The second-order valence-electron chi connectivity index (χ2n) is 6.91. The van der Waals surface area contributed by atoms with E-state index in [1.54, 1.807) is 4.57 Å². The predicted octanol–water partition coefficient (Wildman–Crippen LogP) is 0.825. The molecule has 1 aliphatic heterocycles. The van der Waals surface area contributed by atoms with Gasteiger partial charge < -0.3 is 34.1 Å². The predicted molar refractivity (Wildman–Crippen MR) is 107 cm³/mol. The number of anilines is 1. The van der Waals surface area contributed by atoms with Crippen LogP contribution in [0, 0.1) is 0 Å². The molecule has 4 heterocycles. The molecule has 0 aromatic carbocycles. The molecule has 15 heteroatoms. The summed E-state index contributed by atoms with van der Waals surface area (Å²) >= 11 is 0. The molecule has 0 saturated carbocycles. The molecule has 0 radical (unpaired) electrons. The molecule has 0 spiro atoms. The SMILES string of the molecule is CCOC(=O)C(OCC1CCC(n2cnc3c(N)nc(-c4ncco4)nc32)O1)P(=O)(O)O. The van der Waals surface area contributed by atoms with E-state index in [1.165, 1.54) is 25.7 Å². The second-order valence-corrected chi connectivity index (χ2v) is 8.56. The van der Waals surface area contributed by atoms with Crippen LogP contribution in [0.1, 0.15) is 26.0 Å². The summed E-state index contributed by atoms with van der Waals surface area (Å²) in [7, 11) is -4.86. The van der Waals surface area contributed by atoms with Gasteiger partial charge in [-0.25, -0.2) is 24.7 Å². The van der Waals surface area contributed by atoms with Crippen molar-refractivity contribution in [1.29, 1.82) is 0 Å². The number of rotatable bonds is 8. The first kappa shape index (κ1) is 22.3. The number of carbonyl (C=O) groups excluding carboxylic acids is 1. The zero-order valence-corrected chi connectivity index (χ0v) is 17.8. The number of nitrogen functional groups attached to an aromatic ring is 1. The fourth-order valence-corrected chi connectivity index (χ4v) is 3.94. The van der Waals surface area contributed by atoms with Gasteiger partial charge in [-0.2, -0.15) is 0 Å². The third-order valence-corrected chi connectivity index (χ3v) is 5.67. The van der Waals surface area contributed by atoms with Crippen LogP contribution in [0.3, 0.4) is 0 Å². The van der Waals surface area contributed by atoms with E-state index in [4.69, 9.17) is 19.6 Å². The van der Waals surface area contributed by atoms with E-state index in [1.807, 2.05) is 0 Å². The Morgan fingerprint density at radius 3 is 2.88 bits per heavy atom. The molecule has 3 aromatic rings. The van der Waals surface area contributed by atoms with E-state index >= 15 is 0 Å². The van der Waals surface area contributed by atoms with Gasteiger partial charge in [0.1, 0.15) is 18.0 Å². The minimum absolute atomic E-state index is 0.0328. The standard InChI is InChI=1S/C17H21N6O8P/c1-2-28-16(24)17(32(25,26)27)30-7-9-3-4-10(31-9)23-8-20-11-12(18)21-13(22-14(11)23)15-19-5-6-29-15/h5-6,8-10,17H,2-4,7H2,1H3,(H2,18,21,22)(H2,25,26,27). The molecule has 0 aliphatic carbocycles. The molecular formula is C17H21N6O8P. The number of aromatic nitrogens is 5. The molecule has 1 aliphatic rings. The van der Waals surface area contributed by atoms with Crippen molar-refractivity contribution in [2.75, 3.05) is 18.9 Å². The maximum Gasteiger partial charge on any atom is 0.365 e. The number of hydrogen-bond acceptors (Lipinski definition) is 11. The maximum atomic E-state index is 11.8. The van der Waals surface area contributed by atoms with Crippen molar-refractivity contribution >= 4 is 30.5 Å². The van der Waals surface area contributed by atoms with Crippen LogP contribution in [0.25, 0.3) is 22.9 Å². The third-order valence-electron chi connectivity index (χ3n) is 4.70. The number of carbonyl (C=O) groups is 1. The van der Waals surface area contributed by atoms with Gasteiger partial charge in [0.05, 0.1) is 31.8 Å². The Morgan fingerprint density at radius 2 is 2.19 bits per heavy atom. The first-order valence-corrected chi connectivity index (χ1v) is 11.3. The third kappa shape index (κ3) is 4.49. The lowest BCUT2D eigenvalue weighted by molar-refractivity contribution is -0.154.